The van der Waals surface area contributed by atoms with Crippen LogP contribution in [0.15, 0.2) is 0 Å². The van der Waals surface area contributed by atoms with Crippen molar-refractivity contribution in [3.8, 4) is 0 Å². The van der Waals surface area contributed by atoms with E-state index < -0.39 is 6.10 Å². The zero-order valence-corrected chi connectivity index (χ0v) is 9.07. The molecule has 0 aromatic carbocycles. The first-order valence-corrected chi connectivity index (χ1v) is 4.91. The second kappa shape index (κ2) is 9.40. The van der Waals surface area contributed by atoms with Crippen molar-refractivity contribution < 1.29 is 19.3 Å². The lowest BCUT2D eigenvalue weighted by atomic mass is 10.4. The molecular formula is C10H21O4. The minimum absolute atomic E-state index is 0.0298. The van der Waals surface area contributed by atoms with Crippen molar-refractivity contribution in [2.75, 3.05) is 33.0 Å². The van der Waals surface area contributed by atoms with Gasteiger partial charge in [-0.05, 0) is 20.8 Å². The summed E-state index contributed by atoms with van der Waals surface area (Å²) in [4.78, 5) is 0. The summed E-state index contributed by atoms with van der Waals surface area (Å²) in [5, 5.41) is 8.92. The lowest BCUT2D eigenvalue weighted by molar-refractivity contribution is -0.0418. The summed E-state index contributed by atoms with van der Waals surface area (Å²) in [7, 11) is 0. The van der Waals surface area contributed by atoms with E-state index in [1.165, 1.54) is 0 Å². The van der Waals surface area contributed by atoms with Gasteiger partial charge >= 0.3 is 0 Å². The highest BCUT2D eigenvalue weighted by Crippen LogP contribution is 1.93. The molecule has 1 radical (unpaired) electrons. The molecule has 85 valence electrons. The molecule has 2 atom stereocenters. The first-order chi connectivity index (χ1) is 6.66. The van der Waals surface area contributed by atoms with E-state index in [9.17, 15) is 0 Å². The Morgan fingerprint density at radius 2 is 1.86 bits per heavy atom. The van der Waals surface area contributed by atoms with E-state index in [1.54, 1.807) is 6.92 Å². The van der Waals surface area contributed by atoms with E-state index in [1.807, 2.05) is 6.92 Å². The zero-order valence-electron chi connectivity index (χ0n) is 9.07. The lowest BCUT2D eigenvalue weighted by Gasteiger charge is -2.14. The Balaban J connectivity index is 3.15. The van der Waals surface area contributed by atoms with E-state index in [2.05, 4.69) is 6.92 Å². The first-order valence-electron chi connectivity index (χ1n) is 4.91. The van der Waals surface area contributed by atoms with Crippen molar-refractivity contribution in [2.24, 2.45) is 0 Å². The minimum atomic E-state index is -0.420. The maximum Gasteiger partial charge on any atom is 0.0781 e. The van der Waals surface area contributed by atoms with Crippen molar-refractivity contribution in [3.63, 3.8) is 0 Å². The molecule has 2 unspecified atom stereocenters. The second-order valence-corrected chi connectivity index (χ2v) is 3.18. The standard InChI is InChI=1S/C10H21O4/c1-4-12-5-6-14-10(3)8-13-7-9(2)11/h9-11H,1,4-8H2,2-3H3. The van der Waals surface area contributed by atoms with Gasteiger partial charge in [-0.2, -0.15) is 0 Å². The number of rotatable bonds is 9. The minimum Gasteiger partial charge on any atom is -0.391 e. The van der Waals surface area contributed by atoms with Gasteiger partial charge in [0.1, 0.15) is 0 Å². The van der Waals surface area contributed by atoms with Crippen molar-refractivity contribution >= 4 is 0 Å². The molecule has 0 aliphatic rings. The third-order valence-corrected chi connectivity index (χ3v) is 1.49. The van der Waals surface area contributed by atoms with Crippen LogP contribution >= 0.6 is 0 Å². The summed E-state index contributed by atoms with van der Waals surface area (Å²) in [6.45, 7) is 9.58. The highest BCUT2D eigenvalue weighted by atomic mass is 16.6. The summed E-state index contributed by atoms with van der Waals surface area (Å²) in [5.74, 6) is 0. The van der Waals surface area contributed by atoms with Gasteiger partial charge in [0.05, 0.1) is 38.6 Å². The van der Waals surface area contributed by atoms with E-state index in [-0.39, 0.29) is 6.10 Å². The Morgan fingerprint density at radius 1 is 1.14 bits per heavy atom. The van der Waals surface area contributed by atoms with Gasteiger partial charge in [0.25, 0.3) is 0 Å². The van der Waals surface area contributed by atoms with Crippen molar-refractivity contribution in [1.29, 1.82) is 0 Å². The average Bonchev–Trinajstić information content (AvgIpc) is 2.12. The monoisotopic (exact) mass is 205 g/mol. The third kappa shape index (κ3) is 9.92. The summed E-state index contributed by atoms with van der Waals surface area (Å²) in [6, 6.07) is 0. The fourth-order valence-electron chi connectivity index (χ4n) is 0.863. The molecule has 1 N–H and O–H groups in total. The number of aliphatic hydroxyl groups is 1. The Hall–Kier alpha value is -0.160. The molecular weight excluding hydrogens is 184 g/mol. The van der Waals surface area contributed by atoms with Gasteiger partial charge in [-0.3, -0.25) is 0 Å². The van der Waals surface area contributed by atoms with Crippen LogP contribution in [0.3, 0.4) is 0 Å². The van der Waals surface area contributed by atoms with Crippen LogP contribution in [0.4, 0.5) is 0 Å². The molecule has 0 fully saturated rings. The molecule has 0 aliphatic heterocycles. The molecule has 0 heterocycles. The molecule has 0 rings (SSSR count). The predicted molar refractivity (Wildman–Crippen MR) is 54.1 cm³/mol. The molecule has 0 saturated carbocycles. The Kier molecular flexibility index (Phi) is 9.29. The largest absolute Gasteiger partial charge is 0.391 e. The molecule has 0 aliphatic carbocycles. The van der Waals surface area contributed by atoms with Gasteiger partial charge in [-0.1, -0.05) is 0 Å². The molecule has 0 bridgehead atoms. The predicted octanol–water partition coefficient (Wildman–Crippen LogP) is 0.640. The Labute approximate surface area is 86.2 Å². The van der Waals surface area contributed by atoms with E-state index in [4.69, 9.17) is 19.3 Å². The highest BCUT2D eigenvalue weighted by molar-refractivity contribution is 4.49. The van der Waals surface area contributed by atoms with Crippen LogP contribution in [0.25, 0.3) is 0 Å². The normalized spacial score (nSPS) is 15.4. The summed E-state index contributed by atoms with van der Waals surface area (Å²) in [5.41, 5.74) is 0. The molecule has 0 aromatic rings. The summed E-state index contributed by atoms with van der Waals surface area (Å²) < 4.78 is 15.6. The van der Waals surface area contributed by atoms with Gasteiger partial charge in [0.2, 0.25) is 0 Å². The maximum atomic E-state index is 8.92. The van der Waals surface area contributed by atoms with Gasteiger partial charge in [0, 0.05) is 6.61 Å². The van der Waals surface area contributed by atoms with Gasteiger partial charge in [-0.25, -0.2) is 0 Å². The molecule has 0 saturated heterocycles. The zero-order chi connectivity index (χ0) is 10.8. The second-order valence-electron chi connectivity index (χ2n) is 3.18. The van der Waals surface area contributed by atoms with E-state index in [0.717, 1.165) is 0 Å². The third-order valence-electron chi connectivity index (χ3n) is 1.49. The van der Waals surface area contributed by atoms with Crippen LogP contribution in [0.5, 0.6) is 0 Å². The number of ether oxygens (including phenoxy) is 3. The Bertz CT molecular complexity index is 117. The molecule has 0 aromatic heterocycles. The number of hydrogen-bond acceptors (Lipinski definition) is 4. The highest BCUT2D eigenvalue weighted by Gasteiger charge is 2.03. The Morgan fingerprint density at radius 3 is 2.43 bits per heavy atom. The van der Waals surface area contributed by atoms with E-state index >= 15 is 0 Å². The van der Waals surface area contributed by atoms with Crippen molar-refractivity contribution in [3.05, 3.63) is 6.92 Å². The maximum absolute atomic E-state index is 8.92. The molecule has 0 amide bonds. The summed E-state index contributed by atoms with van der Waals surface area (Å²) in [6.07, 6.45) is -0.390. The van der Waals surface area contributed by atoms with Gasteiger partial charge in [0.15, 0.2) is 0 Å². The fourth-order valence-corrected chi connectivity index (χ4v) is 0.863. The van der Waals surface area contributed by atoms with Gasteiger partial charge in [-0.15, -0.1) is 0 Å². The number of hydrogen-bond donors (Lipinski definition) is 1. The van der Waals surface area contributed by atoms with E-state index in [0.29, 0.717) is 33.0 Å². The molecule has 4 heteroatoms. The van der Waals surface area contributed by atoms with Gasteiger partial charge < -0.3 is 19.3 Å². The van der Waals surface area contributed by atoms with Crippen molar-refractivity contribution in [1.82, 2.24) is 0 Å². The topological polar surface area (TPSA) is 47.9 Å². The first kappa shape index (κ1) is 13.8. The van der Waals surface area contributed by atoms with Crippen LogP contribution in [-0.2, 0) is 14.2 Å². The molecule has 4 nitrogen and oxygen atoms in total. The lowest BCUT2D eigenvalue weighted by Crippen LogP contribution is -2.21. The molecule has 14 heavy (non-hydrogen) atoms. The van der Waals surface area contributed by atoms with Crippen molar-refractivity contribution in [2.45, 2.75) is 26.1 Å². The van der Waals surface area contributed by atoms with Crippen LogP contribution in [0.2, 0.25) is 0 Å². The smallest absolute Gasteiger partial charge is 0.0781 e. The van der Waals surface area contributed by atoms with Crippen LogP contribution < -0.4 is 0 Å². The van der Waals surface area contributed by atoms with Crippen LogP contribution in [-0.4, -0.2) is 50.3 Å². The molecule has 0 spiro atoms. The van der Waals surface area contributed by atoms with Crippen LogP contribution in [0, 0.1) is 6.92 Å². The fraction of sp³-hybridized carbons (Fsp3) is 0.900. The summed E-state index contributed by atoms with van der Waals surface area (Å²) >= 11 is 0. The quantitative estimate of drug-likeness (QED) is 0.561. The number of aliphatic hydroxyl groups excluding tert-OH is 1. The average molecular weight is 205 g/mol. The van der Waals surface area contributed by atoms with Crippen LogP contribution in [0.1, 0.15) is 13.8 Å². The SMILES string of the molecule is [CH2]COCCOC(C)COCC(C)O.